The molecular formula is C18H20F3N2O2S2+. The van der Waals surface area contributed by atoms with Gasteiger partial charge in [0.15, 0.2) is 0 Å². The molecule has 0 radical (unpaired) electrons. The van der Waals surface area contributed by atoms with Crippen LogP contribution in [0.4, 0.5) is 13.2 Å². The average molecular weight is 417 g/mol. The second-order valence-electron chi connectivity index (χ2n) is 6.26. The van der Waals surface area contributed by atoms with Gasteiger partial charge in [0.25, 0.3) is 0 Å². The molecule has 9 heteroatoms. The number of thioether (sulfide) groups is 1. The number of hydrogen-bond acceptors (Lipinski definition) is 3. The zero-order valence-electron chi connectivity index (χ0n) is 14.5. The first-order chi connectivity index (χ1) is 12.9. The summed E-state index contributed by atoms with van der Waals surface area (Å²) in [6, 6.07) is 9.01. The molecule has 2 aromatic rings. The second kappa shape index (κ2) is 8.64. The van der Waals surface area contributed by atoms with Gasteiger partial charge in [0.05, 0.1) is 32.7 Å². The van der Waals surface area contributed by atoms with E-state index in [0.717, 1.165) is 24.7 Å². The highest BCUT2D eigenvalue weighted by molar-refractivity contribution is 7.99. The number of hydrogen-bond donors (Lipinski definition) is 1. The third kappa shape index (κ3) is 4.84. The number of nitrogens with one attached hydrogen (secondary N) is 1. The van der Waals surface area contributed by atoms with Gasteiger partial charge >= 0.3 is 0 Å². The molecule has 1 fully saturated rings. The molecule has 0 unspecified atom stereocenters. The molecule has 1 aliphatic heterocycles. The van der Waals surface area contributed by atoms with Crippen LogP contribution in [0, 0.1) is 17.5 Å². The van der Waals surface area contributed by atoms with Crippen molar-refractivity contribution in [2.45, 2.75) is 9.79 Å². The lowest BCUT2D eigenvalue weighted by Crippen LogP contribution is -3.15. The number of benzene rings is 2. The van der Waals surface area contributed by atoms with Gasteiger partial charge in [-0.05, 0) is 30.3 Å². The van der Waals surface area contributed by atoms with Gasteiger partial charge < -0.3 is 4.90 Å². The molecule has 4 nitrogen and oxygen atoms in total. The highest BCUT2D eigenvalue weighted by Gasteiger charge is 2.32. The van der Waals surface area contributed by atoms with Crippen LogP contribution in [0.25, 0.3) is 0 Å². The van der Waals surface area contributed by atoms with Crippen LogP contribution in [0.1, 0.15) is 0 Å². The van der Waals surface area contributed by atoms with E-state index >= 15 is 0 Å². The molecule has 0 atom stereocenters. The first-order valence-electron chi connectivity index (χ1n) is 8.54. The SMILES string of the molecule is O=S(=O)(c1cc(F)ccc1F)N1CC[NH+](CCSc2ccccc2F)CC1. The van der Waals surface area contributed by atoms with Crippen LogP contribution in [-0.4, -0.2) is 51.2 Å². The van der Waals surface area contributed by atoms with Gasteiger partial charge in [-0.3, -0.25) is 0 Å². The van der Waals surface area contributed by atoms with Gasteiger partial charge in [-0.1, -0.05) is 12.1 Å². The van der Waals surface area contributed by atoms with Crippen LogP contribution >= 0.6 is 11.8 Å². The van der Waals surface area contributed by atoms with Crippen LogP contribution in [0.5, 0.6) is 0 Å². The topological polar surface area (TPSA) is 41.8 Å². The van der Waals surface area contributed by atoms with E-state index in [-0.39, 0.29) is 18.9 Å². The molecule has 1 heterocycles. The summed E-state index contributed by atoms with van der Waals surface area (Å²) in [5.74, 6) is -1.27. The van der Waals surface area contributed by atoms with Crippen molar-refractivity contribution in [2.75, 3.05) is 38.5 Å². The molecule has 0 bridgehead atoms. The van der Waals surface area contributed by atoms with Gasteiger partial charge in [-0.25, -0.2) is 21.6 Å². The second-order valence-corrected chi connectivity index (χ2v) is 9.30. The van der Waals surface area contributed by atoms with Crippen LogP contribution < -0.4 is 4.90 Å². The number of sulfonamides is 1. The lowest BCUT2D eigenvalue weighted by molar-refractivity contribution is -0.901. The summed E-state index contributed by atoms with van der Waals surface area (Å²) in [4.78, 5) is 1.17. The Hall–Kier alpha value is -1.55. The van der Waals surface area contributed by atoms with Gasteiger partial charge in [0.2, 0.25) is 10.0 Å². The first-order valence-corrected chi connectivity index (χ1v) is 11.0. The van der Waals surface area contributed by atoms with Gasteiger partial charge in [0, 0.05) is 10.6 Å². The molecule has 0 spiro atoms. The highest BCUT2D eigenvalue weighted by Crippen LogP contribution is 2.21. The maximum Gasteiger partial charge on any atom is 0.246 e. The van der Waals surface area contributed by atoms with Crippen molar-refractivity contribution >= 4 is 21.8 Å². The normalized spacial score (nSPS) is 16.6. The predicted octanol–water partition coefficient (Wildman–Crippen LogP) is 1.79. The standard InChI is InChI=1S/C18H19F3N2O2S2/c19-14-5-6-16(21)18(13-14)27(24,25)23-9-7-22(8-10-23)11-12-26-17-4-2-1-3-15(17)20/h1-6,13H,7-12H2/p+1. The summed E-state index contributed by atoms with van der Waals surface area (Å²) in [7, 11) is -4.06. The number of halogens is 3. The summed E-state index contributed by atoms with van der Waals surface area (Å²) in [5.41, 5.74) is 0. The molecule has 146 valence electrons. The maximum absolute atomic E-state index is 13.8. The van der Waals surface area contributed by atoms with E-state index in [1.807, 2.05) is 0 Å². The Morgan fingerprint density at radius 3 is 2.41 bits per heavy atom. The first kappa shape index (κ1) is 20.2. The van der Waals surface area contributed by atoms with E-state index in [2.05, 4.69) is 0 Å². The van der Waals surface area contributed by atoms with Crippen molar-refractivity contribution in [3.8, 4) is 0 Å². The van der Waals surface area contributed by atoms with Crippen molar-refractivity contribution in [3.05, 3.63) is 59.9 Å². The van der Waals surface area contributed by atoms with Crippen molar-refractivity contribution in [2.24, 2.45) is 0 Å². The molecule has 0 saturated carbocycles. The van der Waals surface area contributed by atoms with E-state index in [1.54, 1.807) is 18.2 Å². The number of quaternary nitrogens is 1. The zero-order valence-corrected chi connectivity index (χ0v) is 16.1. The van der Waals surface area contributed by atoms with Crippen molar-refractivity contribution < 1.29 is 26.5 Å². The molecule has 1 saturated heterocycles. The molecule has 27 heavy (non-hydrogen) atoms. The number of nitrogens with zero attached hydrogens (tertiary/aromatic N) is 1. The summed E-state index contributed by atoms with van der Waals surface area (Å²) in [6.07, 6.45) is 0. The summed E-state index contributed by atoms with van der Waals surface area (Å²) < 4.78 is 67.1. The quantitative estimate of drug-likeness (QED) is 0.729. The highest BCUT2D eigenvalue weighted by atomic mass is 32.2. The number of piperazine rings is 1. The Labute approximate surface area is 161 Å². The minimum absolute atomic E-state index is 0.234. The molecule has 0 aliphatic carbocycles. The molecular weight excluding hydrogens is 397 g/mol. The summed E-state index contributed by atoms with van der Waals surface area (Å²) >= 11 is 1.43. The van der Waals surface area contributed by atoms with E-state index in [4.69, 9.17) is 0 Å². The van der Waals surface area contributed by atoms with Gasteiger partial charge in [-0.15, -0.1) is 11.8 Å². The van der Waals surface area contributed by atoms with Crippen LogP contribution in [-0.2, 0) is 10.0 Å². The molecule has 3 rings (SSSR count). The zero-order chi connectivity index (χ0) is 19.4. The molecule has 0 amide bonds. The lowest BCUT2D eigenvalue weighted by atomic mass is 10.3. The monoisotopic (exact) mass is 417 g/mol. The van der Waals surface area contributed by atoms with Crippen LogP contribution in [0.3, 0.4) is 0 Å². The molecule has 1 aliphatic rings. The minimum atomic E-state index is -4.06. The summed E-state index contributed by atoms with van der Waals surface area (Å²) in [5, 5.41) is 0. The fourth-order valence-corrected chi connectivity index (χ4v) is 5.48. The van der Waals surface area contributed by atoms with Crippen molar-refractivity contribution in [1.29, 1.82) is 0 Å². The van der Waals surface area contributed by atoms with Gasteiger partial charge in [0.1, 0.15) is 22.3 Å². The fourth-order valence-electron chi connectivity index (χ4n) is 2.97. The van der Waals surface area contributed by atoms with E-state index in [9.17, 15) is 21.6 Å². The summed E-state index contributed by atoms with van der Waals surface area (Å²) in [6.45, 7) is 2.36. The lowest BCUT2D eigenvalue weighted by Gasteiger charge is -2.31. The van der Waals surface area contributed by atoms with Crippen molar-refractivity contribution in [1.82, 2.24) is 4.31 Å². The Kier molecular flexibility index (Phi) is 6.46. The average Bonchev–Trinajstić information content (AvgIpc) is 2.65. The largest absolute Gasteiger partial charge is 0.332 e. The van der Waals surface area contributed by atoms with Gasteiger partial charge in [-0.2, -0.15) is 4.31 Å². The van der Waals surface area contributed by atoms with E-state index in [0.29, 0.717) is 23.7 Å². The van der Waals surface area contributed by atoms with E-state index < -0.39 is 26.6 Å². The minimum Gasteiger partial charge on any atom is -0.332 e. The smallest absolute Gasteiger partial charge is 0.246 e. The fraction of sp³-hybridized carbons (Fsp3) is 0.333. The third-order valence-electron chi connectivity index (χ3n) is 4.49. The molecule has 1 N–H and O–H groups in total. The van der Waals surface area contributed by atoms with Crippen molar-refractivity contribution in [3.63, 3.8) is 0 Å². The Morgan fingerprint density at radius 2 is 1.70 bits per heavy atom. The Balaban J connectivity index is 1.54. The third-order valence-corrected chi connectivity index (χ3v) is 7.45. The maximum atomic E-state index is 13.8. The number of rotatable bonds is 6. The Morgan fingerprint density at radius 1 is 1.00 bits per heavy atom. The Bertz CT molecular complexity index is 901. The van der Waals surface area contributed by atoms with E-state index in [1.165, 1.54) is 27.0 Å². The van der Waals surface area contributed by atoms with Crippen LogP contribution in [0.15, 0.2) is 52.3 Å². The molecule has 0 aromatic heterocycles. The predicted molar refractivity (Wildman–Crippen MR) is 97.8 cm³/mol. The van der Waals surface area contributed by atoms with Crippen LogP contribution in [0.2, 0.25) is 0 Å². The molecule has 2 aromatic carbocycles.